The molecule has 0 N–H and O–H groups in total. The number of halogens is 2. The first-order valence-corrected chi connectivity index (χ1v) is 9.68. The molecule has 1 aliphatic rings. The van der Waals surface area contributed by atoms with Gasteiger partial charge in [-0.25, -0.2) is 14.2 Å². The van der Waals surface area contributed by atoms with Crippen LogP contribution in [0.5, 0.6) is 0 Å². The first-order valence-electron chi connectivity index (χ1n) is 9.30. The minimum atomic E-state index is -0.642. The van der Waals surface area contributed by atoms with Crippen molar-refractivity contribution in [1.82, 2.24) is 9.88 Å². The topological polar surface area (TPSA) is 69.5 Å². The fraction of sp³-hybridized carbons (Fsp3) is 0.381. The number of ether oxygens (including phenoxy) is 1. The number of hydrogen-bond donors (Lipinski definition) is 0. The standard InChI is InChI=1S/C21H22ClFN4O2/c1-21(2,3)29-20(28)26-11-5-7-18(26)27(15-8-9-17(23)16(22)12-15)19-14(13-24)6-4-10-25-19/h4,6,8-10,12,18H,5,7,11H2,1-3H3. The predicted molar refractivity (Wildman–Crippen MR) is 108 cm³/mol. The van der Waals surface area contributed by atoms with Crippen molar-refractivity contribution >= 4 is 29.2 Å². The lowest BCUT2D eigenvalue weighted by molar-refractivity contribution is 0.0230. The SMILES string of the molecule is CC(C)(C)OC(=O)N1CCCC1N(c1ccc(F)c(Cl)c1)c1ncccc1C#N. The molecule has 1 atom stereocenters. The number of carbonyl (C=O) groups is 1. The zero-order chi connectivity index (χ0) is 21.2. The van der Waals surface area contributed by atoms with Crippen LogP contribution >= 0.6 is 11.6 Å². The molecule has 6 nitrogen and oxygen atoms in total. The molecular formula is C21H22ClFN4O2. The van der Waals surface area contributed by atoms with Gasteiger partial charge >= 0.3 is 6.09 Å². The number of amides is 1. The highest BCUT2D eigenvalue weighted by Gasteiger charge is 2.38. The molecule has 8 heteroatoms. The van der Waals surface area contributed by atoms with E-state index in [1.807, 2.05) is 0 Å². The molecule has 1 aliphatic heterocycles. The first-order chi connectivity index (χ1) is 13.7. The minimum absolute atomic E-state index is 0.0521. The van der Waals surface area contributed by atoms with Crippen molar-refractivity contribution in [2.75, 3.05) is 11.4 Å². The van der Waals surface area contributed by atoms with E-state index in [0.717, 1.165) is 6.42 Å². The lowest BCUT2D eigenvalue weighted by atomic mass is 10.2. The molecule has 0 spiro atoms. The average molecular weight is 417 g/mol. The van der Waals surface area contributed by atoms with E-state index < -0.39 is 23.7 Å². The lowest BCUT2D eigenvalue weighted by Crippen LogP contribution is -2.47. The van der Waals surface area contributed by atoms with Gasteiger partial charge in [0.1, 0.15) is 23.7 Å². The second kappa shape index (κ2) is 8.26. The van der Waals surface area contributed by atoms with E-state index in [0.29, 0.717) is 30.0 Å². The van der Waals surface area contributed by atoms with E-state index in [-0.39, 0.29) is 5.02 Å². The normalized spacial score (nSPS) is 16.4. The number of benzene rings is 1. The number of carbonyl (C=O) groups excluding carboxylic acids is 1. The highest BCUT2D eigenvalue weighted by molar-refractivity contribution is 6.31. The van der Waals surface area contributed by atoms with Crippen LogP contribution in [0.25, 0.3) is 0 Å². The van der Waals surface area contributed by atoms with Crippen LogP contribution in [0, 0.1) is 17.1 Å². The fourth-order valence-electron chi connectivity index (χ4n) is 3.30. The van der Waals surface area contributed by atoms with Crippen LogP contribution in [0.1, 0.15) is 39.2 Å². The molecule has 0 bridgehead atoms. The van der Waals surface area contributed by atoms with Crippen LogP contribution < -0.4 is 4.90 Å². The molecule has 152 valence electrons. The Morgan fingerprint density at radius 3 is 2.83 bits per heavy atom. The van der Waals surface area contributed by atoms with Crippen molar-refractivity contribution in [2.45, 2.75) is 45.4 Å². The van der Waals surface area contributed by atoms with E-state index in [2.05, 4.69) is 11.1 Å². The Morgan fingerprint density at radius 1 is 1.41 bits per heavy atom. The van der Waals surface area contributed by atoms with Crippen LogP contribution in [-0.4, -0.2) is 34.3 Å². The number of hydrogen-bond acceptors (Lipinski definition) is 5. The van der Waals surface area contributed by atoms with E-state index >= 15 is 0 Å². The van der Waals surface area contributed by atoms with Gasteiger partial charge in [-0.05, 0) is 63.9 Å². The Bertz CT molecular complexity index is 954. The highest BCUT2D eigenvalue weighted by Crippen LogP contribution is 2.36. The number of aromatic nitrogens is 1. The predicted octanol–water partition coefficient (Wildman–Crippen LogP) is 5.24. The maximum atomic E-state index is 13.8. The molecular weight excluding hydrogens is 395 g/mol. The van der Waals surface area contributed by atoms with Crippen molar-refractivity contribution < 1.29 is 13.9 Å². The van der Waals surface area contributed by atoms with Gasteiger partial charge < -0.3 is 9.64 Å². The van der Waals surface area contributed by atoms with Gasteiger partial charge in [0, 0.05) is 18.4 Å². The van der Waals surface area contributed by atoms with Gasteiger partial charge in [-0.1, -0.05) is 11.6 Å². The summed E-state index contributed by atoms with van der Waals surface area (Å²) in [6, 6.07) is 9.73. The number of anilines is 2. The summed E-state index contributed by atoms with van der Waals surface area (Å²) in [5.74, 6) is -0.176. The molecule has 2 heterocycles. The number of nitriles is 1. The third-order valence-corrected chi connectivity index (χ3v) is 4.75. The smallest absolute Gasteiger partial charge is 0.411 e. The van der Waals surface area contributed by atoms with Crippen molar-refractivity contribution in [1.29, 1.82) is 5.26 Å². The first kappa shape index (κ1) is 20.9. The van der Waals surface area contributed by atoms with Crippen molar-refractivity contribution in [2.24, 2.45) is 0 Å². The van der Waals surface area contributed by atoms with Crippen molar-refractivity contribution in [3.8, 4) is 6.07 Å². The third-order valence-electron chi connectivity index (χ3n) is 4.46. The molecule has 0 aliphatic carbocycles. The Balaban J connectivity index is 2.08. The van der Waals surface area contributed by atoms with E-state index in [1.54, 1.807) is 55.0 Å². The Labute approximate surface area is 174 Å². The lowest BCUT2D eigenvalue weighted by Gasteiger charge is -2.37. The fourth-order valence-corrected chi connectivity index (χ4v) is 3.47. The summed E-state index contributed by atoms with van der Waals surface area (Å²) in [4.78, 5) is 20.6. The number of nitrogens with zero attached hydrogens (tertiary/aromatic N) is 4. The molecule has 1 aromatic carbocycles. The summed E-state index contributed by atoms with van der Waals surface area (Å²) in [5, 5.41) is 9.52. The van der Waals surface area contributed by atoms with Crippen LogP contribution in [0.4, 0.5) is 20.7 Å². The van der Waals surface area contributed by atoms with Gasteiger partial charge in [-0.3, -0.25) is 4.90 Å². The van der Waals surface area contributed by atoms with Gasteiger partial charge in [0.15, 0.2) is 5.82 Å². The maximum absolute atomic E-state index is 13.8. The van der Waals surface area contributed by atoms with Gasteiger partial charge in [-0.2, -0.15) is 5.26 Å². The second-order valence-electron chi connectivity index (χ2n) is 7.75. The summed E-state index contributed by atoms with van der Waals surface area (Å²) < 4.78 is 19.3. The van der Waals surface area contributed by atoms with Crippen LogP contribution in [0.2, 0.25) is 5.02 Å². The molecule has 1 unspecified atom stereocenters. The van der Waals surface area contributed by atoms with Gasteiger partial charge in [-0.15, -0.1) is 0 Å². The molecule has 3 rings (SSSR count). The summed E-state index contributed by atoms with van der Waals surface area (Å²) in [5.41, 5.74) is 0.230. The molecule has 29 heavy (non-hydrogen) atoms. The molecule has 1 aromatic heterocycles. The molecule has 2 aromatic rings. The summed E-state index contributed by atoms with van der Waals surface area (Å²) >= 11 is 6.02. The van der Waals surface area contributed by atoms with E-state index in [4.69, 9.17) is 16.3 Å². The molecule has 1 saturated heterocycles. The Hall–Kier alpha value is -2.85. The van der Waals surface area contributed by atoms with Crippen molar-refractivity contribution in [3.05, 3.63) is 52.9 Å². The third kappa shape index (κ3) is 4.60. The second-order valence-corrected chi connectivity index (χ2v) is 8.16. The Kier molecular flexibility index (Phi) is 5.94. The average Bonchev–Trinajstić information content (AvgIpc) is 3.13. The zero-order valence-electron chi connectivity index (χ0n) is 16.5. The summed E-state index contributed by atoms with van der Waals surface area (Å²) in [7, 11) is 0. The number of likely N-dealkylation sites (tertiary alicyclic amines) is 1. The van der Waals surface area contributed by atoms with Crippen LogP contribution in [0.3, 0.4) is 0 Å². The zero-order valence-corrected chi connectivity index (χ0v) is 17.3. The monoisotopic (exact) mass is 416 g/mol. The maximum Gasteiger partial charge on any atom is 0.411 e. The largest absolute Gasteiger partial charge is 0.444 e. The number of rotatable bonds is 3. The van der Waals surface area contributed by atoms with Crippen LogP contribution in [-0.2, 0) is 4.74 Å². The minimum Gasteiger partial charge on any atom is -0.444 e. The van der Waals surface area contributed by atoms with Crippen LogP contribution in [0.15, 0.2) is 36.5 Å². The van der Waals surface area contributed by atoms with E-state index in [1.165, 1.54) is 12.1 Å². The Morgan fingerprint density at radius 2 is 2.17 bits per heavy atom. The van der Waals surface area contributed by atoms with Gasteiger partial charge in [0.2, 0.25) is 0 Å². The van der Waals surface area contributed by atoms with Gasteiger partial charge in [0.25, 0.3) is 0 Å². The molecule has 1 fully saturated rings. The summed E-state index contributed by atoms with van der Waals surface area (Å²) in [6.45, 7) is 5.92. The number of pyridine rings is 1. The quantitative estimate of drug-likeness (QED) is 0.684. The molecule has 0 radical (unpaired) electrons. The highest BCUT2D eigenvalue weighted by atomic mass is 35.5. The molecule has 1 amide bonds. The van der Waals surface area contributed by atoms with Gasteiger partial charge in [0.05, 0.1) is 10.6 Å². The van der Waals surface area contributed by atoms with E-state index in [9.17, 15) is 14.4 Å². The van der Waals surface area contributed by atoms with Crippen molar-refractivity contribution in [3.63, 3.8) is 0 Å². The summed E-state index contributed by atoms with van der Waals surface area (Å²) in [6.07, 6.45) is 2.06. The molecule has 0 saturated carbocycles.